The molecule has 0 radical (unpaired) electrons. The van der Waals surface area contributed by atoms with Crippen LogP contribution in [-0.2, 0) is 17.6 Å². The number of aromatic nitrogens is 3. The Kier molecular flexibility index (Phi) is 5.54. The lowest BCUT2D eigenvalue weighted by Crippen LogP contribution is -2.19. The Balaban J connectivity index is 1.33. The standard InChI is InChI=1S/C22H23N5O2S2/c23-19(29)18-15-8-4-5-9-16(15)31-21(18)24-17(28)12-30-22-26-25-20(13-10-11-13)27(22)14-6-2-1-3-7-14/h1-3,6-7,13H,4-5,8-12H2,(H2,23,29)(H,24,28). The summed E-state index contributed by atoms with van der Waals surface area (Å²) in [6.07, 6.45) is 6.18. The number of aryl methyl sites for hydroxylation is 1. The first-order valence-electron chi connectivity index (χ1n) is 10.5. The van der Waals surface area contributed by atoms with E-state index >= 15 is 0 Å². The molecule has 1 fully saturated rings. The van der Waals surface area contributed by atoms with Crippen LogP contribution in [0.15, 0.2) is 35.5 Å². The quantitative estimate of drug-likeness (QED) is 0.528. The molecule has 160 valence electrons. The number of anilines is 1. The van der Waals surface area contributed by atoms with Gasteiger partial charge >= 0.3 is 0 Å². The second-order valence-corrected chi connectivity index (χ2v) is 9.95. The maximum absolute atomic E-state index is 12.7. The third kappa shape index (κ3) is 4.12. The van der Waals surface area contributed by atoms with E-state index in [0.29, 0.717) is 21.6 Å². The van der Waals surface area contributed by atoms with Crippen molar-refractivity contribution in [2.24, 2.45) is 5.73 Å². The zero-order chi connectivity index (χ0) is 21.4. The topological polar surface area (TPSA) is 103 Å². The van der Waals surface area contributed by atoms with Crippen molar-refractivity contribution in [2.45, 2.75) is 49.6 Å². The number of nitrogens with two attached hydrogens (primary N) is 1. The minimum Gasteiger partial charge on any atom is -0.365 e. The van der Waals surface area contributed by atoms with Gasteiger partial charge in [-0.3, -0.25) is 14.2 Å². The highest BCUT2D eigenvalue weighted by Gasteiger charge is 2.31. The van der Waals surface area contributed by atoms with E-state index in [-0.39, 0.29) is 11.7 Å². The minimum absolute atomic E-state index is 0.177. The Hall–Kier alpha value is -2.65. The van der Waals surface area contributed by atoms with Gasteiger partial charge in [-0.2, -0.15) is 0 Å². The molecule has 3 aromatic rings. The molecule has 9 heteroatoms. The number of thiophene rings is 1. The van der Waals surface area contributed by atoms with Crippen LogP contribution in [0.25, 0.3) is 5.69 Å². The molecule has 2 aromatic heterocycles. The molecule has 0 bridgehead atoms. The van der Waals surface area contributed by atoms with Gasteiger partial charge in [0, 0.05) is 16.5 Å². The fourth-order valence-corrected chi connectivity index (χ4v) is 6.08. The van der Waals surface area contributed by atoms with Crippen molar-refractivity contribution in [3.63, 3.8) is 0 Å². The average Bonchev–Trinajstić information content (AvgIpc) is 3.42. The molecule has 5 rings (SSSR count). The van der Waals surface area contributed by atoms with Gasteiger partial charge in [0.05, 0.1) is 11.3 Å². The van der Waals surface area contributed by atoms with Crippen LogP contribution < -0.4 is 11.1 Å². The summed E-state index contributed by atoms with van der Waals surface area (Å²) in [4.78, 5) is 25.9. The molecule has 2 aliphatic rings. The maximum atomic E-state index is 12.7. The van der Waals surface area contributed by atoms with Crippen molar-refractivity contribution in [3.8, 4) is 5.69 Å². The van der Waals surface area contributed by atoms with Gasteiger partial charge in [-0.05, 0) is 56.2 Å². The van der Waals surface area contributed by atoms with Gasteiger partial charge in [-0.25, -0.2) is 0 Å². The molecule has 2 heterocycles. The molecule has 1 aromatic carbocycles. The third-order valence-corrected chi connectivity index (χ3v) is 7.75. The first-order chi connectivity index (χ1) is 15.1. The largest absolute Gasteiger partial charge is 0.365 e. The first kappa shape index (κ1) is 20.3. The van der Waals surface area contributed by atoms with Crippen molar-refractivity contribution in [1.82, 2.24) is 14.8 Å². The second-order valence-electron chi connectivity index (χ2n) is 7.90. The van der Waals surface area contributed by atoms with Gasteiger partial charge in [-0.1, -0.05) is 30.0 Å². The second kappa shape index (κ2) is 8.47. The van der Waals surface area contributed by atoms with Gasteiger partial charge in [-0.15, -0.1) is 21.5 Å². The summed E-state index contributed by atoms with van der Waals surface area (Å²) in [7, 11) is 0. The smallest absolute Gasteiger partial charge is 0.251 e. The van der Waals surface area contributed by atoms with E-state index in [1.807, 2.05) is 34.9 Å². The molecule has 0 spiro atoms. The van der Waals surface area contributed by atoms with Crippen molar-refractivity contribution < 1.29 is 9.59 Å². The molecule has 7 nitrogen and oxygen atoms in total. The van der Waals surface area contributed by atoms with Crippen molar-refractivity contribution >= 4 is 39.9 Å². The molecule has 3 N–H and O–H groups in total. The van der Waals surface area contributed by atoms with E-state index in [0.717, 1.165) is 55.6 Å². The average molecular weight is 454 g/mol. The van der Waals surface area contributed by atoms with Crippen LogP contribution in [0, 0.1) is 0 Å². The van der Waals surface area contributed by atoms with Crippen molar-refractivity contribution in [1.29, 1.82) is 0 Å². The summed E-state index contributed by atoms with van der Waals surface area (Å²) in [5, 5.41) is 13.0. The Labute approximate surface area is 188 Å². The number of rotatable bonds is 7. The Morgan fingerprint density at radius 1 is 1.16 bits per heavy atom. The van der Waals surface area contributed by atoms with Crippen molar-refractivity contribution in [3.05, 3.63) is 52.2 Å². The summed E-state index contributed by atoms with van der Waals surface area (Å²) in [5.74, 6) is 0.917. The van der Waals surface area contributed by atoms with Crippen LogP contribution in [-0.4, -0.2) is 32.3 Å². The summed E-state index contributed by atoms with van der Waals surface area (Å²) >= 11 is 2.83. The minimum atomic E-state index is -0.472. The number of nitrogens with zero attached hydrogens (tertiary/aromatic N) is 3. The summed E-state index contributed by atoms with van der Waals surface area (Å²) < 4.78 is 2.05. The number of fused-ring (bicyclic) bond motifs is 1. The predicted molar refractivity (Wildman–Crippen MR) is 122 cm³/mol. The zero-order valence-corrected chi connectivity index (χ0v) is 18.6. The molecule has 2 aliphatic carbocycles. The Bertz CT molecular complexity index is 1130. The van der Waals surface area contributed by atoms with E-state index in [9.17, 15) is 9.59 Å². The van der Waals surface area contributed by atoms with Gasteiger partial charge in [0.15, 0.2) is 5.16 Å². The summed E-state index contributed by atoms with van der Waals surface area (Å²) in [5.41, 5.74) is 8.14. The lowest BCUT2D eigenvalue weighted by atomic mass is 9.95. The number of carbonyl (C=O) groups is 2. The number of amides is 2. The van der Waals surface area contributed by atoms with E-state index in [1.165, 1.54) is 28.0 Å². The van der Waals surface area contributed by atoms with Gasteiger partial charge in [0.2, 0.25) is 5.91 Å². The van der Waals surface area contributed by atoms with Crippen LogP contribution in [0.1, 0.15) is 58.2 Å². The monoisotopic (exact) mass is 453 g/mol. The number of hydrogen-bond acceptors (Lipinski definition) is 6. The van der Waals surface area contributed by atoms with E-state index in [1.54, 1.807) is 0 Å². The number of benzene rings is 1. The number of nitrogens with one attached hydrogen (secondary N) is 1. The fraction of sp³-hybridized carbons (Fsp3) is 0.364. The van der Waals surface area contributed by atoms with Gasteiger partial charge < -0.3 is 11.1 Å². The van der Waals surface area contributed by atoms with Crippen LogP contribution in [0.4, 0.5) is 5.00 Å². The summed E-state index contributed by atoms with van der Waals surface area (Å²) in [6.45, 7) is 0. The third-order valence-electron chi connectivity index (χ3n) is 5.62. The highest BCUT2D eigenvalue weighted by molar-refractivity contribution is 7.99. The predicted octanol–water partition coefficient (Wildman–Crippen LogP) is 3.91. The van der Waals surface area contributed by atoms with E-state index in [4.69, 9.17) is 5.73 Å². The molecule has 0 aliphatic heterocycles. The van der Waals surface area contributed by atoms with E-state index < -0.39 is 5.91 Å². The molecular formula is C22H23N5O2S2. The van der Waals surface area contributed by atoms with Crippen LogP contribution in [0.3, 0.4) is 0 Å². The van der Waals surface area contributed by atoms with E-state index in [2.05, 4.69) is 15.5 Å². The number of primary amides is 1. The molecule has 0 saturated heterocycles. The Morgan fingerprint density at radius 2 is 1.94 bits per heavy atom. The normalized spacial score (nSPS) is 15.5. The maximum Gasteiger partial charge on any atom is 0.251 e. The first-order valence-corrected chi connectivity index (χ1v) is 12.3. The molecule has 0 unspecified atom stereocenters. The Morgan fingerprint density at radius 3 is 2.68 bits per heavy atom. The fourth-order valence-electron chi connectivity index (χ4n) is 4.01. The zero-order valence-electron chi connectivity index (χ0n) is 17.0. The number of thioether (sulfide) groups is 1. The SMILES string of the molecule is NC(=O)c1c(NC(=O)CSc2nnc(C3CC3)n2-c2ccccc2)sc2c1CCCC2. The van der Waals surface area contributed by atoms with Crippen LogP contribution in [0.2, 0.25) is 0 Å². The van der Waals surface area contributed by atoms with Gasteiger partial charge in [0.25, 0.3) is 5.91 Å². The highest BCUT2D eigenvalue weighted by Crippen LogP contribution is 2.41. The van der Waals surface area contributed by atoms with Crippen LogP contribution in [0.5, 0.6) is 0 Å². The molecule has 0 atom stereocenters. The van der Waals surface area contributed by atoms with Crippen molar-refractivity contribution in [2.75, 3.05) is 11.1 Å². The molecule has 2 amide bonds. The number of hydrogen-bond donors (Lipinski definition) is 2. The molecule has 1 saturated carbocycles. The highest BCUT2D eigenvalue weighted by atomic mass is 32.2. The van der Waals surface area contributed by atoms with Crippen LogP contribution >= 0.6 is 23.1 Å². The number of carbonyl (C=O) groups excluding carboxylic acids is 2. The lowest BCUT2D eigenvalue weighted by molar-refractivity contribution is -0.113. The van der Waals surface area contributed by atoms with Gasteiger partial charge in [0.1, 0.15) is 10.8 Å². The molecular weight excluding hydrogens is 430 g/mol. The lowest BCUT2D eigenvalue weighted by Gasteiger charge is -2.11. The summed E-state index contributed by atoms with van der Waals surface area (Å²) in [6, 6.07) is 9.99. The molecule has 31 heavy (non-hydrogen) atoms. The number of para-hydroxylation sites is 1.